The average molecular weight is 184 g/mol. The molecule has 13 heavy (non-hydrogen) atoms. The number of hydrogen-bond acceptors (Lipinski definition) is 2. The molecule has 76 valence electrons. The number of amides is 1. The summed E-state index contributed by atoms with van der Waals surface area (Å²) < 4.78 is 0. The Morgan fingerprint density at radius 3 is 2.54 bits per heavy atom. The number of hydrogen-bond donors (Lipinski definition) is 1. The zero-order valence-corrected chi connectivity index (χ0v) is 9.05. The van der Waals surface area contributed by atoms with Crippen LogP contribution in [0.25, 0.3) is 0 Å². The van der Waals surface area contributed by atoms with Crippen molar-refractivity contribution in [2.24, 2.45) is 11.3 Å². The Hall–Kier alpha value is -0.570. The highest BCUT2D eigenvalue weighted by atomic mass is 16.2. The fourth-order valence-corrected chi connectivity index (χ4v) is 1.27. The number of nitrogens with one attached hydrogen (secondary N) is 1. The minimum Gasteiger partial charge on any atom is -0.329 e. The Morgan fingerprint density at radius 1 is 1.54 bits per heavy atom. The predicted molar refractivity (Wildman–Crippen MR) is 53.2 cm³/mol. The van der Waals surface area contributed by atoms with Gasteiger partial charge in [0.15, 0.2) is 0 Å². The van der Waals surface area contributed by atoms with Gasteiger partial charge in [0.1, 0.15) is 0 Å². The summed E-state index contributed by atoms with van der Waals surface area (Å²) in [4.78, 5) is 13.2. The second-order valence-electron chi connectivity index (χ2n) is 4.97. The summed E-state index contributed by atoms with van der Waals surface area (Å²) in [6, 6.07) is 0. The normalized spacial score (nSPS) is 20.9. The third-order valence-corrected chi connectivity index (χ3v) is 2.90. The molecule has 3 heteroatoms. The summed E-state index contributed by atoms with van der Waals surface area (Å²) in [5.41, 5.74) is 0.281. The molecule has 1 atom stereocenters. The van der Waals surface area contributed by atoms with Gasteiger partial charge in [0.2, 0.25) is 5.91 Å². The molecule has 1 fully saturated rings. The largest absolute Gasteiger partial charge is 0.329 e. The van der Waals surface area contributed by atoms with Crippen LogP contribution < -0.4 is 5.32 Å². The molecule has 1 saturated heterocycles. The molecule has 1 aliphatic heterocycles. The van der Waals surface area contributed by atoms with Gasteiger partial charge in [0, 0.05) is 6.54 Å². The van der Waals surface area contributed by atoms with Crippen LogP contribution in [-0.4, -0.2) is 30.6 Å². The Labute approximate surface area is 80.5 Å². The third-order valence-electron chi connectivity index (χ3n) is 2.90. The van der Waals surface area contributed by atoms with Crippen molar-refractivity contribution in [1.82, 2.24) is 10.2 Å². The van der Waals surface area contributed by atoms with E-state index in [9.17, 15) is 4.79 Å². The SMILES string of the molecule is CC(CN1CNCC1=O)C(C)(C)C. The smallest absolute Gasteiger partial charge is 0.237 e. The van der Waals surface area contributed by atoms with Gasteiger partial charge >= 0.3 is 0 Å². The van der Waals surface area contributed by atoms with Gasteiger partial charge in [0.25, 0.3) is 0 Å². The standard InChI is InChI=1S/C10H20N2O/c1-8(10(2,3)4)6-12-7-11-5-9(12)13/h8,11H,5-7H2,1-4H3. The minimum atomic E-state index is 0.232. The van der Waals surface area contributed by atoms with E-state index in [1.165, 1.54) is 0 Å². The van der Waals surface area contributed by atoms with Crippen LogP contribution >= 0.6 is 0 Å². The molecule has 1 amide bonds. The fourth-order valence-electron chi connectivity index (χ4n) is 1.27. The monoisotopic (exact) mass is 184 g/mol. The van der Waals surface area contributed by atoms with Crippen LogP contribution in [0.4, 0.5) is 0 Å². The van der Waals surface area contributed by atoms with Crippen molar-refractivity contribution in [3.05, 3.63) is 0 Å². The Kier molecular flexibility index (Phi) is 2.96. The fraction of sp³-hybridized carbons (Fsp3) is 0.900. The summed E-state index contributed by atoms with van der Waals surface area (Å²) in [5, 5.41) is 3.06. The van der Waals surface area contributed by atoms with Crippen molar-refractivity contribution in [3.8, 4) is 0 Å². The first kappa shape index (κ1) is 10.5. The van der Waals surface area contributed by atoms with Gasteiger partial charge in [-0.15, -0.1) is 0 Å². The lowest BCUT2D eigenvalue weighted by Gasteiger charge is -2.30. The molecule has 1 rings (SSSR count). The number of rotatable bonds is 2. The van der Waals surface area contributed by atoms with E-state index in [1.807, 2.05) is 4.90 Å². The molecule has 0 aliphatic carbocycles. The molecule has 1 N–H and O–H groups in total. The molecule has 0 aromatic heterocycles. The number of carbonyl (C=O) groups is 1. The van der Waals surface area contributed by atoms with Gasteiger partial charge in [-0.05, 0) is 11.3 Å². The quantitative estimate of drug-likeness (QED) is 0.696. The van der Waals surface area contributed by atoms with Gasteiger partial charge in [-0.2, -0.15) is 0 Å². The second-order valence-corrected chi connectivity index (χ2v) is 4.97. The molecule has 0 radical (unpaired) electrons. The van der Waals surface area contributed by atoms with Crippen molar-refractivity contribution in [1.29, 1.82) is 0 Å². The summed E-state index contributed by atoms with van der Waals surface area (Å²) in [7, 11) is 0. The van der Waals surface area contributed by atoms with Gasteiger partial charge in [-0.25, -0.2) is 0 Å². The molecule has 0 aromatic rings. The molecule has 0 spiro atoms. The summed E-state index contributed by atoms with van der Waals surface area (Å²) in [6.45, 7) is 10.9. The van der Waals surface area contributed by atoms with E-state index in [0.29, 0.717) is 12.5 Å². The van der Waals surface area contributed by atoms with Gasteiger partial charge in [-0.3, -0.25) is 10.1 Å². The van der Waals surface area contributed by atoms with Crippen LogP contribution in [0, 0.1) is 11.3 Å². The first-order chi connectivity index (χ1) is 5.91. The highest BCUT2D eigenvalue weighted by molar-refractivity contribution is 5.79. The zero-order chi connectivity index (χ0) is 10.1. The molecule has 1 unspecified atom stereocenters. The van der Waals surface area contributed by atoms with E-state index >= 15 is 0 Å². The highest BCUT2D eigenvalue weighted by Crippen LogP contribution is 2.26. The maximum Gasteiger partial charge on any atom is 0.237 e. The lowest BCUT2D eigenvalue weighted by Crippen LogP contribution is -2.35. The van der Waals surface area contributed by atoms with Crippen LogP contribution in [0.5, 0.6) is 0 Å². The Balaban J connectivity index is 2.44. The van der Waals surface area contributed by atoms with E-state index in [0.717, 1.165) is 13.2 Å². The average Bonchev–Trinajstić information content (AvgIpc) is 2.34. The van der Waals surface area contributed by atoms with Crippen LogP contribution in [0.1, 0.15) is 27.7 Å². The van der Waals surface area contributed by atoms with Crippen molar-refractivity contribution < 1.29 is 4.79 Å². The lowest BCUT2D eigenvalue weighted by atomic mass is 9.82. The van der Waals surface area contributed by atoms with Crippen molar-refractivity contribution in [3.63, 3.8) is 0 Å². The molecule has 0 bridgehead atoms. The topological polar surface area (TPSA) is 32.3 Å². The number of nitrogens with zero attached hydrogens (tertiary/aromatic N) is 1. The Morgan fingerprint density at radius 2 is 2.15 bits per heavy atom. The minimum absolute atomic E-state index is 0.232. The molecular formula is C10H20N2O. The number of carbonyl (C=O) groups excluding carboxylic acids is 1. The van der Waals surface area contributed by atoms with Crippen LogP contribution in [0.3, 0.4) is 0 Å². The van der Waals surface area contributed by atoms with Gasteiger partial charge < -0.3 is 4.90 Å². The third kappa shape index (κ3) is 2.69. The first-order valence-corrected chi connectivity index (χ1v) is 4.90. The van der Waals surface area contributed by atoms with Crippen molar-refractivity contribution in [2.75, 3.05) is 19.8 Å². The zero-order valence-electron chi connectivity index (χ0n) is 9.05. The maximum atomic E-state index is 11.3. The Bertz CT molecular complexity index is 196. The van der Waals surface area contributed by atoms with E-state index < -0.39 is 0 Å². The van der Waals surface area contributed by atoms with Crippen molar-refractivity contribution in [2.45, 2.75) is 27.7 Å². The molecule has 1 aliphatic rings. The maximum absolute atomic E-state index is 11.3. The van der Waals surface area contributed by atoms with Gasteiger partial charge in [-0.1, -0.05) is 27.7 Å². The van der Waals surface area contributed by atoms with Crippen LogP contribution in [-0.2, 0) is 4.79 Å². The van der Waals surface area contributed by atoms with Gasteiger partial charge in [0.05, 0.1) is 13.2 Å². The summed E-state index contributed by atoms with van der Waals surface area (Å²) in [6.07, 6.45) is 0. The summed E-state index contributed by atoms with van der Waals surface area (Å²) in [5.74, 6) is 0.771. The second kappa shape index (κ2) is 3.66. The molecule has 0 saturated carbocycles. The molecular weight excluding hydrogens is 164 g/mol. The van der Waals surface area contributed by atoms with E-state index in [1.54, 1.807) is 0 Å². The van der Waals surface area contributed by atoms with Crippen LogP contribution in [0.2, 0.25) is 0 Å². The molecule has 0 aromatic carbocycles. The van der Waals surface area contributed by atoms with Crippen LogP contribution in [0.15, 0.2) is 0 Å². The van der Waals surface area contributed by atoms with E-state index in [-0.39, 0.29) is 11.3 Å². The van der Waals surface area contributed by atoms with Crippen molar-refractivity contribution >= 4 is 5.91 Å². The first-order valence-electron chi connectivity index (χ1n) is 4.90. The van der Waals surface area contributed by atoms with E-state index in [4.69, 9.17) is 0 Å². The molecule has 3 nitrogen and oxygen atoms in total. The summed E-state index contributed by atoms with van der Waals surface area (Å²) >= 11 is 0. The predicted octanol–water partition coefficient (Wildman–Crippen LogP) is 1.06. The lowest BCUT2D eigenvalue weighted by molar-refractivity contribution is -0.127. The highest BCUT2D eigenvalue weighted by Gasteiger charge is 2.26. The molecule has 1 heterocycles. The van der Waals surface area contributed by atoms with E-state index in [2.05, 4.69) is 33.0 Å².